The molecule has 0 fully saturated rings. The molecule has 0 rings (SSSR count). The Morgan fingerprint density at radius 2 is 1.90 bits per heavy atom. The number of primary amides is 1. The summed E-state index contributed by atoms with van der Waals surface area (Å²) in [4.78, 5) is 10.7. The highest BCUT2D eigenvalue weighted by atomic mass is 16.1. The number of hydrogen-bond acceptors (Lipinski definition) is 1. The summed E-state index contributed by atoms with van der Waals surface area (Å²) in [7, 11) is 0. The highest BCUT2D eigenvalue weighted by Gasteiger charge is 2.03. The van der Waals surface area contributed by atoms with Gasteiger partial charge in [-0.15, -0.1) is 0 Å². The number of hydrogen-bond donors (Lipinski definition) is 1. The van der Waals surface area contributed by atoms with E-state index in [0.717, 1.165) is 24.0 Å². The van der Waals surface area contributed by atoms with Crippen LogP contribution in [0, 0.1) is 0 Å². The lowest BCUT2D eigenvalue weighted by atomic mass is 10.1. The highest BCUT2D eigenvalue weighted by molar-refractivity contribution is 5.92. The molecule has 0 aromatic rings. The Bertz CT molecular complexity index is 155. The minimum Gasteiger partial charge on any atom is -0.366 e. The van der Waals surface area contributed by atoms with E-state index in [2.05, 4.69) is 0 Å². The van der Waals surface area contributed by atoms with Gasteiger partial charge in [-0.2, -0.15) is 0 Å². The first-order valence-corrected chi connectivity index (χ1v) is 3.55. The Morgan fingerprint density at radius 1 is 1.40 bits per heavy atom. The summed E-state index contributed by atoms with van der Waals surface area (Å²) in [5, 5.41) is 0. The first kappa shape index (κ1) is 9.21. The number of nitrogens with two attached hydrogens (primary N) is 1. The largest absolute Gasteiger partial charge is 0.366 e. The van der Waals surface area contributed by atoms with Crippen molar-refractivity contribution in [2.24, 2.45) is 5.73 Å². The number of allylic oxidation sites excluding steroid dienone is 1. The summed E-state index contributed by atoms with van der Waals surface area (Å²) in [6.07, 6.45) is 1.78. The van der Waals surface area contributed by atoms with E-state index in [9.17, 15) is 4.79 Å². The van der Waals surface area contributed by atoms with Crippen molar-refractivity contribution in [3.05, 3.63) is 11.1 Å². The molecule has 2 N–H and O–H groups in total. The maximum atomic E-state index is 10.7. The van der Waals surface area contributed by atoms with Gasteiger partial charge in [-0.05, 0) is 20.3 Å². The second-order valence-corrected chi connectivity index (χ2v) is 2.59. The average Bonchev–Trinajstić information content (AvgIpc) is 1.81. The molecule has 0 spiro atoms. The summed E-state index contributed by atoms with van der Waals surface area (Å²) in [6, 6.07) is 0. The Labute approximate surface area is 62.1 Å². The van der Waals surface area contributed by atoms with Crippen LogP contribution in [0.1, 0.15) is 33.6 Å². The molecule has 0 aromatic carbocycles. The molecule has 0 aromatic heterocycles. The van der Waals surface area contributed by atoms with Crippen LogP contribution in [-0.4, -0.2) is 5.91 Å². The standard InChI is InChI=1S/C8H15NO/c1-4-5-7(6(2)3)8(9)10/h4-5H2,1-3H3,(H2,9,10). The van der Waals surface area contributed by atoms with Gasteiger partial charge in [0.25, 0.3) is 0 Å². The third kappa shape index (κ3) is 2.67. The minimum atomic E-state index is -0.276. The van der Waals surface area contributed by atoms with Crippen LogP contribution >= 0.6 is 0 Å². The fourth-order valence-electron chi connectivity index (χ4n) is 0.870. The Morgan fingerprint density at radius 3 is 2.00 bits per heavy atom. The Balaban J connectivity index is 4.28. The van der Waals surface area contributed by atoms with Crippen LogP contribution in [0.3, 0.4) is 0 Å². The van der Waals surface area contributed by atoms with E-state index in [4.69, 9.17) is 5.73 Å². The van der Waals surface area contributed by atoms with Gasteiger partial charge in [0.1, 0.15) is 0 Å². The number of rotatable bonds is 3. The van der Waals surface area contributed by atoms with Crippen molar-refractivity contribution in [2.45, 2.75) is 33.6 Å². The van der Waals surface area contributed by atoms with Crippen LogP contribution in [0.15, 0.2) is 11.1 Å². The summed E-state index contributed by atoms with van der Waals surface area (Å²) in [5.74, 6) is -0.276. The second kappa shape index (κ2) is 4.09. The molecule has 0 unspecified atom stereocenters. The predicted molar refractivity (Wildman–Crippen MR) is 42.5 cm³/mol. The van der Waals surface area contributed by atoms with Crippen molar-refractivity contribution in [1.82, 2.24) is 0 Å². The molecule has 2 nitrogen and oxygen atoms in total. The zero-order valence-electron chi connectivity index (χ0n) is 6.90. The van der Waals surface area contributed by atoms with Gasteiger partial charge < -0.3 is 5.73 Å². The molecular weight excluding hydrogens is 126 g/mol. The lowest BCUT2D eigenvalue weighted by Crippen LogP contribution is -2.14. The Hall–Kier alpha value is -0.790. The summed E-state index contributed by atoms with van der Waals surface area (Å²) in [6.45, 7) is 5.86. The molecule has 0 aliphatic carbocycles. The number of amides is 1. The van der Waals surface area contributed by atoms with Crippen molar-refractivity contribution in [3.63, 3.8) is 0 Å². The smallest absolute Gasteiger partial charge is 0.244 e. The highest BCUT2D eigenvalue weighted by Crippen LogP contribution is 2.08. The quantitative estimate of drug-likeness (QED) is 0.596. The van der Waals surface area contributed by atoms with Crippen LogP contribution in [-0.2, 0) is 4.79 Å². The van der Waals surface area contributed by atoms with Gasteiger partial charge in [0, 0.05) is 5.57 Å². The first-order chi connectivity index (χ1) is 4.59. The Kier molecular flexibility index (Phi) is 3.77. The maximum Gasteiger partial charge on any atom is 0.244 e. The monoisotopic (exact) mass is 141 g/mol. The lowest BCUT2D eigenvalue weighted by molar-refractivity contribution is -0.114. The van der Waals surface area contributed by atoms with Gasteiger partial charge >= 0.3 is 0 Å². The number of carbonyl (C=O) groups excluding carboxylic acids is 1. The molecule has 10 heavy (non-hydrogen) atoms. The van der Waals surface area contributed by atoms with Crippen LogP contribution in [0.4, 0.5) is 0 Å². The summed E-state index contributed by atoms with van der Waals surface area (Å²) >= 11 is 0. The van der Waals surface area contributed by atoms with E-state index >= 15 is 0 Å². The van der Waals surface area contributed by atoms with Gasteiger partial charge in [-0.25, -0.2) is 0 Å². The van der Waals surface area contributed by atoms with E-state index in [1.807, 2.05) is 20.8 Å². The van der Waals surface area contributed by atoms with E-state index in [-0.39, 0.29) is 5.91 Å². The van der Waals surface area contributed by atoms with E-state index in [0.29, 0.717) is 0 Å². The van der Waals surface area contributed by atoms with Gasteiger partial charge in [0.2, 0.25) is 5.91 Å². The fourth-order valence-corrected chi connectivity index (χ4v) is 0.870. The van der Waals surface area contributed by atoms with Gasteiger partial charge in [-0.1, -0.05) is 18.9 Å². The molecule has 1 amide bonds. The molecule has 0 radical (unpaired) electrons. The summed E-state index contributed by atoms with van der Waals surface area (Å²) < 4.78 is 0. The zero-order valence-corrected chi connectivity index (χ0v) is 6.90. The minimum absolute atomic E-state index is 0.276. The topological polar surface area (TPSA) is 43.1 Å². The van der Waals surface area contributed by atoms with Crippen molar-refractivity contribution in [2.75, 3.05) is 0 Å². The van der Waals surface area contributed by atoms with Crippen molar-refractivity contribution < 1.29 is 4.79 Å². The maximum absolute atomic E-state index is 10.7. The molecule has 0 atom stereocenters. The molecule has 0 saturated heterocycles. The van der Waals surface area contributed by atoms with Gasteiger partial charge in [0.15, 0.2) is 0 Å². The van der Waals surface area contributed by atoms with E-state index in [1.165, 1.54) is 0 Å². The fraction of sp³-hybridized carbons (Fsp3) is 0.625. The van der Waals surface area contributed by atoms with Crippen molar-refractivity contribution in [1.29, 1.82) is 0 Å². The van der Waals surface area contributed by atoms with Crippen LogP contribution in [0.25, 0.3) is 0 Å². The first-order valence-electron chi connectivity index (χ1n) is 3.55. The molecule has 0 aliphatic heterocycles. The molecule has 58 valence electrons. The van der Waals surface area contributed by atoms with Crippen LogP contribution in [0.2, 0.25) is 0 Å². The van der Waals surface area contributed by atoms with Crippen LogP contribution < -0.4 is 5.73 Å². The normalized spacial score (nSPS) is 9.10. The SMILES string of the molecule is CCCC(C(N)=O)=C(C)C. The zero-order chi connectivity index (χ0) is 8.15. The molecular formula is C8H15NO. The number of carbonyl (C=O) groups is 1. The van der Waals surface area contributed by atoms with Gasteiger partial charge in [0.05, 0.1) is 0 Å². The average molecular weight is 141 g/mol. The third-order valence-corrected chi connectivity index (χ3v) is 1.40. The summed E-state index contributed by atoms with van der Waals surface area (Å²) in [5.41, 5.74) is 6.94. The van der Waals surface area contributed by atoms with Gasteiger partial charge in [-0.3, -0.25) is 4.79 Å². The molecule has 0 saturated carbocycles. The second-order valence-electron chi connectivity index (χ2n) is 2.59. The molecule has 0 bridgehead atoms. The lowest BCUT2D eigenvalue weighted by Gasteiger charge is -2.02. The van der Waals surface area contributed by atoms with E-state index in [1.54, 1.807) is 0 Å². The molecule has 2 heteroatoms. The van der Waals surface area contributed by atoms with Crippen molar-refractivity contribution in [3.8, 4) is 0 Å². The molecule has 0 heterocycles. The molecule has 0 aliphatic rings. The van der Waals surface area contributed by atoms with E-state index < -0.39 is 0 Å². The van der Waals surface area contributed by atoms with Crippen molar-refractivity contribution >= 4 is 5.91 Å². The van der Waals surface area contributed by atoms with Crippen LogP contribution in [0.5, 0.6) is 0 Å². The predicted octanol–water partition coefficient (Wildman–Crippen LogP) is 1.61. The third-order valence-electron chi connectivity index (χ3n) is 1.40.